The molecule has 0 saturated carbocycles. The SMILES string of the molecule is CC(Cc1ccc(Cl)cc1)N1CCC(=O)C(C(=O)NCC(=O)O)C1=O. The van der Waals surface area contributed by atoms with Crippen LogP contribution in [-0.2, 0) is 25.6 Å². The first-order valence-corrected chi connectivity index (χ1v) is 8.24. The summed E-state index contributed by atoms with van der Waals surface area (Å²) in [6.45, 7) is 1.46. The van der Waals surface area contributed by atoms with E-state index in [4.69, 9.17) is 16.7 Å². The van der Waals surface area contributed by atoms with E-state index >= 15 is 0 Å². The molecule has 0 aliphatic carbocycles. The Morgan fingerprint density at radius 1 is 1.32 bits per heavy atom. The molecule has 2 unspecified atom stereocenters. The molecular weight excluding hydrogens is 348 g/mol. The van der Waals surface area contributed by atoms with E-state index < -0.39 is 36.0 Å². The average molecular weight is 367 g/mol. The van der Waals surface area contributed by atoms with E-state index in [0.717, 1.165) is 5.56 Å². The van der Waals surface area contributed by atoms with Crippen molar-refractivity contribution in [1.29, 1.82) is 0 Å². The number of hydrogen-bond donors (Lipinski definition) is 2. The summed E-state index contributed by atoms with van der Waals surface area (Å²) in [6.07, 6.45) is 0.627. The number of aliphatic carboxylic acids is 1. The molecule has 1 heterocycles. The third-order valence-corrected chi connectivity index (χ3v) is 4.36. The third-order valence-electron chi connectivity index (χ3n) is 4.10. The number of ketones is 1. The molecule has 1 aliphatic rings. The number of piperidine rings is 1. The summed E-state index contributed by atoms with van der Waals surface area (Å²) in [5.74, 6) is -4.64. The summed E-state index contributed by atoms with van der Waals surface area (Å²) < 4.78 is 0. The number of nitrogens with one attached hydrogen (secondary N) is 1. The van der Waals surface area contributed by atoms with Crippen LogP contribution in [0.15, 0.2) is 24.3 Å². The summed E-state index contributed by atoms with van der Waals surface area (Å²) in [7, 11) is 0. The zero-order valence-corrected chi connectivity index (χ0v) is 14.5. The number of benzene rings is 1. The first kappa shape index (κ1) is 18.9. The third kappa shape index (κ3) is 4.79. The van der Waals surface area contributed by atoms with Crippen LogP contribution in [-0.4, -0.2) is 52.7 Å². The monoisotopic (exact) mass is 366 g/mol. The van der Waals surface area contributed by atoms with Gasteiger partial charge in [0.05, 0.1) is 0 Å². The van der Waals surface area contributed by atoms with Crippen molar-refractivity contribution in [1.82, 2.24) is 10.2 Å². The smallest absolute Gasteiger partial charge is 0.322 e. The van der Waals surface area contributed by atoms with Crippen molar-refractivity contribution < 1.29 is 24.3 Å². The van der Waals surface area contributed by atoms with Crippen molar-refractivity contribution in [3.05, 3.63) is 34.9 Å². The zero-order chi connectivity index (χ0) is 18.6. The van der Waals surface area contributed by atoms with Gasteiger partial charge >= 0.3 is 5.97 Å². The highest BCUT2D eigenvalue weighted by Gasteiger charge is 2.41. The second kappa shape index (κ2) is 8.11. The second-order valence-electron chi connectivity index (χ2n) is 5.97. The number of rotatable bonds is 6. The molecule has 1 aliphatic heterocycles. The van der Waals surface area contributed by atoms with Gasteiger partial charge in [0.25, 0.3) is 0 Å². The Hall–Kier alpha value is -2.41. The maximum Gasteiger partial charge on any atom is 0.322 e. The lowest BCUT2D eigenvalue weighted by Gasteiger charge is -2.35. The fraction of sp³-hybridized carbons (Fsp3) is 0.412. The number of likely N-dealkylation sites (tertiary alicyclic amines) is 1. The van der Waals surface area contributed by atoms with Gasteiger partial charge in [-0.25, -0.2) is 0 Å². The number of nitrogens with zero attached hydrogens (tertiary/aromatic N) is 1. The Morgan fingerprint density at radius 2 is 1.96 bits per heavy atom. The number of Topliss-reactive ketones (excluding diaryl/α,β-unsaturated/α-hetero) is 1. The predicted octanol–water partition coefficient (Wildman–Crippen LogP) is 0.889. The van der Waals surface area contributed by atoms with Crippen molar-refractivity contribution in [3.8, 4) is 0 Å². The maximum absolute atomic E-state index is 12.6. The summed E-state index contributed by atoms with van der Waals surface area (Å²) in [5.41, 5.74) is 0.980. The molecule has 1 fully saturated rings. The molecule has 2 rings (SSSR count). The van der Waals surface area contributed by atoms with Gasteiger partial charge in [0.1, 0.15) is 6.54 Å². The van der Waals surface area contributed by atoms with E-state index in [0.29, 0.717) is 11.4 Å². The van der Waals surface area contributed by atoms with E-state index in [1.165, 1.54) is 4.90 Å². The Bertz CT molecular complexity index is 689. The van der Waals surface area contributed by atoms with Gasteiger partial charge in [-0.2, -0.15) is 0 Å². The molecule has 0 aromatic heterocycles. The van der Waals surface area contributed by atoms with Crippen molar-refractivity contribution in [2.75, 3.05) is 13.1 Å². The van der Waals surface area contributed by atoms with Gasteiger partial charge in [0, 0.05) is 24.0 Å². The second-order valence-corrected chi connectivity index (χ2v) is 6.41. The molecule has 1 saturated heterocycles. The molecule has 0 bridgehead atoms. The van der Waals surface area contributed by atoms with Crippen LogP contribution in [0, 0.1) is 5.92 Å². The normalized spacial score (nSPS) is 18.8. The molecule has 2 N–H and O–H groups in total. The average Bonchev–Trinajstić information content (AvgIpc) is 2.55. The van der Waals surface area contributed by atoms with Crippen molar-refractivity contribution in [2.24, 2.45) is 5.92 Å². The number of carboxylic acids is 1. The fourth-order valence-electron chi connectivity index (χ4n) is 2.82. The zero-order valence-electron chi connectivity index (χ0n) is 13.7. The highest BCUT2D eigenvalue weighted by molar-refractivity contribution is 6.30. The van der Waals surface area contributed by atoms with Gasteiger partial charge in [-0.15, -0.1) is 0 Å². The lowest BCUT2D eigenvalue weighted by Crippen LogP contribution is -2.55. The van der Waals surface area contributed by atoms with Gasteiger partial charge < -0.3 is 15.3 Å². The lowest BCUT2D eigenvalue weighted by atomic mass is 9.92. The lowest BCUT2D eigenvalue weighted by molar-refractivity contribution is -0.153. The van der Waals surface area contributed by atoms with Gasteiger partial charge in [-0.3, -0.25) is 19.2 Å². The van der Waals surface area contributed by atoms with Crippen LogP contribution < -0.4 is 5.32 Å². The standard InChI is InChI=1S/C17H19ClN2O5/c1-10(8-11-2-4-12(18)5-3-11)20-7-6-13(21)15(17(20)25)16(24)19-9-14(22)23/h2-5,10,15H,6-9H2,1H3,(H,19,24)(H,22,23). The minimum Gasteiger partial charge on any atom is -0.480 e. The summed E-state index contributed by atoms with van der Waals surface area (Å²) in [5, 5.41) is 11.3. The molecule has 2 atom stereocenters. The molecular formula is C17H19ClN2O5. The quantitative estimate of drug-likeness (QED) is 0.728. The minimum absolute atomic E-state index is 0.0713. The fourth-order valence-corrected chi connectivity index (χ4v) is 2.95. The Labute approximate surface area is 149 Å². The van der Waals surface area contributed by atoms with Crippen LogP contribution in [0.3, 0.4) is 0 Å². The molecule has 2 amide bonds. The molecule has 8 heteroatoms. The number of halogens is 1. The Kier molecular flexibility index (Phi) is 6.14. The number of carbonyl (C=O) groups is 4. The van der Waals surface area contributed by atoms with E-state index in [-0.39, 0.29) is 19.0 Å². The number of carboxylic acid groups (broad SMARTS) is 1. The van der Waals surface area contributed by atoms with Crippen LogP contribution in [0.1, 0.15) is 18.9 Å². The Balaban J connectivity index is 2.06. The Morgan fingerprint density at radius 3 is 2.56 bits per heavy atom. The van der Waals surface area contributed by atoms with E-state index in [1.807, 2.05) is 19.1 Å². The van der Waals surface area contributed by atoms with E-state index in [9.17, 15) is 19.2 Å². The molecule has 25 heavy (non-hydrogen) atoms. The summed E-state index contributed by atoms with van der Waals surface area (Å²) in [4.78, 5) is 48.6. The van der Waals surface area contributed by atoms with E-state index in [2.05, 4.69) is 5.32 Å². The maximum atomic E-state index is 12.6. The van der Waals surface area contributed by atoms with Crippen LogP contribution in [0.5, 0.6) is 0 Å². The first-order chi connectivity index (χ1) is 11.8. The highest BCUT2D eigenvalue weighted by Crippen LogP contribution is 2.20. The topological polar surface area (TPSA) is 104 Å². The van der Waals surface area contributed by atoms with Crippen molar-refractivity contribution >= 4 is 35.2 Å². The van der Waals surface area contributed by atoms with Crippen LogP contribution in [0.4, 0.5) is 0 Å². The highest BCUT2D eigenvalue weighted by atomic mass is 35.5. The molecule has 134 valence electrons. The number of carbonyl (C=O) groups excluding carboxylic acids is 3. The summed E-state index contributed by atoms with van der Waals surface area (Å²) in [6, 6.07) is 7.02. The number of amides is 2. The van der Waals surface area contributed by atoms with Crippen LogP contribution in [0.2, 0.25) is 5.02 Å². The summed E-state index contributed by atoms with van der Waals surface area (Å²) >= 11 is 5.85. The number of hydrogen-bond acceptors (Lipinski definition) is 4. The van der Waals surface area contributed by atoms with Gasteiger partial charge in [-0.1, -0.05) is 23.7 Å². The predicted molar refractivity (Wildman–Crippen MR) is 90.1 cm³/mol. The minimum atomic E-state index is -1.47. The molecule has 1 aromatic carbocycles. The van der Waals surface area contributed by atoms with Crippen molar-refractivity contribution in [2.45, 2.75) is 25.8 Å². The molecule has 1 aromatic rings. The van der Waals surface area contributed by atoms with Gasteiger partial charge in [-0.05, 0) is 31.0 Å². The van der Waals surface area contributed by atoms with Crippen LogP contribution >= 0.6 is 11.6 Å². The molecule has 0 radical (unpaired) electrons. The molecule has 0 spiro atoms. The first-order valence-electron chi connectivity index (χ1n) is 7.86. The van der Waals surface area contributed by atoms with E-state index in [1.54, 1.807) is 12.1 Å². The molecule has 7 nitrogen and oxygen atoms in total. The van der Waals surface area contributed by atoms with Crippen LogP contribution in [0.25, 0.3) is 0 Å². The van der Waals surface area contributed by atoms with Crippen molar-refractivity contribution in [3.63, 3.8) is 0 Å². The van der Waals surface area contributed by atoms with Gasteiger partial charge in [0.15, 0.2) is 11.7 Å². The van der Waals surface area contributed by atoms with Gasteiger partial charge in [0.2, 0.25) is 11.8 Å². The largest absolute Gasteiger partial charge is 0.480 e.